The van der Waals surface area contributed by atoms with Crippen molar-refractivity contribution in [3.63, 3.8) is 0 Å². The molecule has 0 bridgehead atoms. The monoisotopic (exact) mass is 434 g/mol. The van der Waals surface area contributed by atoms with Gasteiger partial charge in [-0.05, 0) is 66.6 Å². The summed E-state index contributed by atoms with van der Waals surface area (Å²) >= 11 is 0. The van der Waals surface area contributed by atoms with Crippen LogP contribution in [-0.2, 0) is 17.8 Å². The maximum absolute atomic E-state index is 13.1. The van der Waals surface area contributed by atoms with Crippen LogP contribution in [0.4, 0.5) is 10.1 Å². The zero-order valence-corrected chi connectivity index (χ0v) is 17.6. The van der Waals surface area contributed by atoms with Gasteiger partial charge in [0.15, 0.2) is 6.61 Å². The zero-order valence-electron chi connectivity index (χ0n) is 17.6. The predicted molar refractivity (Wildman–Crippen MR) is 118 cm³/mol. The molecule has 0 atom stereocenters. The smallest absolute Gasteiger partial charge is 0.260 e. The third-order valence-corrected chi connectivity index (χ3v) is 5.32. The molecule has 7 heteroatoms. The number of rotatable bonds is 6. The summed E-state index contributed by atoms with van der Waals surface area (Å²) in [5, 5.41) is 2.88. The van der Waals surface area contributed by atoms with Crippen LogP contribution in [0.2, 0.25) is 0 Å². The summed E-state index contributed by atoms with van der Waals surface area (Å²) in [6, 6.07) is 18.4. The van der Waals surface area contributed by atoms with Crippen molar-refractivity contribution in [3.8, 4) is 11.5 Å². The van der Waals surface area contributed by atoms with Crippen LogP contribution in [0.15, 0.2) is 66.7 Å². The SMILES string of the molecule is COc1ccc(C(=O)Nc2ccc3c(c2)CN(CCc2ccc(F)cc2)C(=O)CO3)cc1. The lowest BCUT2D eigenvalue weighted by Crippen LogP contribution is -2.34. The molecular weight excluding hydrogens is 411 g/mol. The van der Waals surface area contributed by atoms with Crippen LogP contribution in [0.25, 0.3) is 0 Å². The number of benzene rings is 3. The van der Waals surface area contributed by atoms with E-state index in [-0.39, 0.29) is 24.2 Å². The van der Waals surface area contributed by atoms with Gasteiger partial charge in [0.05, 0.1) is 7.11 Å². The third-order valence-electron chi connectivity index (χ3n) is 5.32. The first kappa shape index (κ1) is 21.4. The number of nitrogens with zero attached hydrogens (tertiary/aromatic N) is 1. The van der Waals surface area contributed by atoms with E-state index in [4.69, 9.17) is 9.47 Å². The molecule has 164 valence electrons. The third kappa shape index (κ3) is 5.06. The Morgan fingerprint density at radius 2 is 1.84 bits per heavy atom. The second-order valence-corrected chi connectivity index (χ2v) is 7.49. The van der Waals surface area contributed by atoms with E-state index >= 15 is 0 Å². The van der Waals surface area contributed by atoms with E-state index < -0.39 is 0 Å². The van der Waals surface area contributed by atoms with Crippen molar-refractivity contribution in [2.24, 2.45) is 0 Å². The van der Waals surface area contributed by atoms with E-state index in [0.29, 0.717) is 42.3 Å². The second-order valence-electron chi connectivity index (χ2n) is 7.49. The molecule has 6 nitrogen and oxygen atoms in total. The number of ether oxygens (including phenoxy) is 2. The summed E-state index contributed by atoms with van der Waals surface area (Å²) < 4.78 is 23.9. The Morgan fingerprint density at radius 3 is 2.56 bits per heavy atom. The van der Waals surface area contributed by atoms with E-state index in [2.05, 4.69) is 5.32 Å². The summed E-state index contributed by atoms with van der Waals surface area (Å²) in [5.41, 5.74) is 2.88. The number of amides is 2. The van der Waals surface area contributed by atoms with Gasteiger partial charge >= 0.3 is 0 Å². The van der Waals surface area contributed by atoms with Gasteiger partial charge in [0.2, 0.25) is 0 Å². The molecule has 1 N–H and O–H groups in total. The average Bonchev–Trinajstić information content (AvgIpc) is 2.97. The van der Waals surface area contributed by atoms with Crippen molar-refractivity contribution >= 4 is 17.5 Å². The largest absolute Gasteiger partial charge is 0.497 e. The summed E-state index contributed by atoms with van der Waals surface area (Å²) in [6.45, 7) is 0.797. The Labute approximate surface area is 185 Å². The van der Waals surface area contributed by atoms with E-state index in [1.54, 1.807) is 60.5 Å². The van der Waals surface area contributed by atoms with Gasteiger partial charge < -0.3 is 19.7 Å². The van der Waals surface area contributed by atoms with Crippen molar-refractivity contribution in [3.05, 3.63) is 89.2 Å². The molecule has 3 aromatic carbocycles. The predicted octanol–water partition coefficient (Wildman–Crippen LogP) is 4.05. The average molecular weight is 434 g/mol. The van der Waals surface area contributed by atoms with Crippen LogP contribution in [0.3, 0.4) is 0 Å². The minimum atomic E-state index is -0.286. The lowest BCUT2D eigenvalue weighted by molar-refractivity contribution is -0.133. The summed E-state index contributed by atoms with van der Waals surface area (Å²) in [4.78, 5) is 26.8. The van der Waals surface area contributed by atoms with Gasteiger partial charge in [0.1, 0.15) is 17.3 Å². The van der Waals surface area contributed by atoms with Crippen LogP contribution in [0.1, 0.15) is 21.5 Å². The van der Waals surface area contributed by atoms with E-state index in [0.717, 1.165) is 11.1 Å². The molecule has 0 aromatic heterocycles. The van der Waals surface area contributed by atoms with Crippen LogP contribution < -0.4 is 14.8 Å². The normalized spacial score (nSPS) is 13.1. The Kier molecular flexibility index (Phi) is 6.35. The van der Waals surface area contributed by atoms with Crippen LogP contribution in [0, 0.1) is 5.82 Å². The van der Waals surface area contributed by atoms with Gasteiger partial charge in [0, 0.05) is 29.9 Å². The van der Waals surface area contributed by atoms with E-state index in [1.165, 1.54) is 12.1 Å². The maximum Gasteiger partial charge on any atom is 0.260 e. The molecule has 0 saturated heterocycles. The molecular formula is C25H23FN2O4. The molecule has 2 amide bonds. The minimum Gasteiger partial charge on any atom is -0.497 e. The number of carbonyl (C=O) groups excluding carboxylic acids is 2. The van der Waals surface area contributed by atoms with Gasteiger partial charge in [-0.3, -0.25) is 9.59 Å². The van der Waals surface area contributed by atoms with Gasteiger partial charge in [-0.15, -0.1) is 0 Å². The van der Waals surface area contributed by atoms with E-state index in [1.807, 2.05) is 6.07 Å². The number of fused-ring (bicyclic) bond motifs is 1. The van der Waals surface area contributed by atoms with Gasteiger partial charge in [-0.25, -0.2) is 4.39 Å². The number of anilines is 1. The van der Waals surface area contributed by atoms with Crippen molar-refractivity contribution in [1.29, 1.82) is 0 Å². The second kappa shape index (κ2) is 9.51. The molecule has 0 radical (unpaired) electrons. The molecule has 0 aliphatic carbocycles. The number of hydrogen-bond acceptors (Lipinski definition) is 4. The number of nitrogens with one attached hydrogen (secondary N) is 1. The molecule has 1 aliphatic rings. The molecule has 32 heavy (non-hydrogen) atoms. The highest BCUT2D eigenvalue weighted by molar-refractivity contribution is 6.04. The van der Waals surface area contributed by atoms with Crippen molar-refractivity contribution in [2.45, 2.75) is 13.0 Å². The van der Waals surface area contributed by atoms with Crippen LogP contribution in [-0.4, -0.2) is 37.0 Å². The molecule has 0 saturated carbocycles. The number of carbonyl (C=O) groups is 2. The fourth-order valence-electron chi connectivity index (χ4n) is 3.51. The lowest BCUT2D eigenvalue weighted by Gasteiger charge is -2.20. The standard InChI is InChI=1S/C25H23FN2O4/c1-31-22-9-4-18(5-10-22)25(30)27-21-8-11-23-19(14-21)15-28(24(29)16-32-23)13-12-17-2-6-20(26)7-3-17/h2-11,14H,12-13,15-16H2,1H3,(H,27,30). The first-order chi connectivity index (χ1) is 15.5. The molecule has 4 rings (SSSR count). The summed E-state index contributed by atoms with van der Waals surface area (Å²) in [7, 11) is 1.57. The first-order valence-electron chi connectivity index (χ1n) is 10.2. The van der Waals surface area contributed by atoms with Crippen LogP contribution in [0.5, 0.6) is 11.5 Å². The fourth-order valence-corrected chi connectivity index (χ4v) is 3.51. The molecule has 0 spiro atoms. The Hall–Kier alpha value is -3.87. The van der Waals surface area contributed by atoms with Crippen molar-refractivity contribution < 1.29 is 23.5 Å². The highest BCUT2D eigenvalue weighted by Crippen LogP contribution is 2.27. The Balaban J connectivity index is 1.45. The summed E-state index contributed by atoms with van der Waals surface area (Å²) in [6.07, 6.45) is 0.606. The van der Waals surface area contributed by atoms with Gasteiger partial charge in [-0.2, -0.15) is 0 Å². The molecule has 1 heterocycles. The van der Waals surface area contributed by atoms with Crippen LogP contribution >= 0.6 is 0 Å². The quantitative estimate of drug-likeness (QED) is 0.636. The number of methoxy groups -OCH3 is 1. The lowest BCUT2D eigenvalue weighted by atomic mass is 10.1. The topological polar surface area (TPSA) is 67.9 Å². The first-order valence-corrected chi connectivity index (χ1v) is 10.2. The minimum absolute atomic E-state index is 0.0476. The molecule has 3 aromatic rings. The van der Waals surface area contributed by atoms with Crippen molar-refractivity contribution in [1.82, 2.24) is 4.90 Å². The molecule has 0 fully saturated rings. The number of hydrogen-bond donors (Lipinski definition) is 1. The zero-order chi connectivity index (χ0) is 22.5. The maximum atomic E-state index is 13.1. The summed E-state index contributed by atoms with van der Waals surface area (Å²) in [5.74, 6) is 0.642. The highest BCUT2D eigenvalue weighted by atomic mass is 19.1. The van der Waals surface area contributed by atoms with E-state index in [9.17, 15) is 14.0 Å². The van der Waals surface area contributed by atoms with Gasteiger partial charge in [-0.1, -0.05) is 12.1 Å². The Morgan fingerprint density at radius 1 is 1.09 bits per heavy atom. The fraction of sp³-hybridized carbons (Fsp3) is 0.200. The molecule has 1 aliphatic heterocycles. The van der Waals surface area contributed by atoms with Crippen molar-refractivity contribution in [2.75, 3.05) is 25.6 Å². The Bertz CT molecular complexity index is 1110. The molecule has 0 unspecified atom stereocenters. The number of halogens is 1. The van der Waals surface area contributed by atoms with Gasteiger partial charge in [0.25, 0.3) is 11.8 Å². The highest BCUT2D eigenvalue weighted by Gasteiger charge is 2.22.